The van der Waals surface area contributed by atoms with E-state index in [1.54, 1.807) is 0 Å². The first-order chi connectivity index (χ1) is 12.6. The minimum Gasteiger partial charge on any atom is -0.460 e. The summed E-state index contributed by atoms with van der Waals surface area (Å²) < 4.78 is 5.66. The minimum absolute atomic E-state index is 0.136. The Morgan fingerprint density at radius 1 is 1.00 bits per heavy atom. The fourth-order valence-corrected chi connectivity index (χ4v) is 3.69. The summed E-state index contributed by atoms with van der Waals surface area (Å²) in [5, 5.41) is 4.28. The van der Waals surface area contributed by atoms with Gasteiger partial charge in [-0.25, -0.2) is 5.43 Å². The van der Waals surface area contributed by atoms with Crippen LogP contribution in [0.15, 0.2) is 64.1 Å². The highest BCUT2D eigenvalue weighted by atomic mass is 16.3. The zero-order valence-electron chi connectivity index (χ0n) is 15.0. The average molecular weight is 344 g/mol. The Morgan fingerprint density at radius 3 is 2.12 bits per heavy atom. The molecule has 26 heavy (non-hydrogen) atoms. The molecule has 0 saturated heterocycles. The first kappa shape index (κ1) is 16.3. The maximum atomic E-state index is 12.9. The van der Waals surface area contributed by atoms with Crippen molar-refractivity contribution in [1.29, 1.82) is 0 Å². The third kappa shape index (κ3) is 2.64. The van der Waals surface area contributed by atoms with Gasteiger partial charge in [0, 0.05) is 0 Å². The van der Waals surface area contributed by atoms with Crippen LogP contribution in [0.3, 0.4) is 0 Å². The Bertz CT molecular complexity index is 985. The molecule has 3 aromatic rings. The van der Waals surface area contributed by atoms with Crippen molar-refractivity contribution in [2.45, 2.75) is 26.7 Å². The number of hydrogen-bond acceptors (Lipinski definition) is 3. The topological polar surface area (TPSA) is 54.6 Å². The standard InChI is InChI=1S/C22H20N2O2/c1-13-12-14(2)26-21(13)15(3)23-24-22(25)20-18-10-6-4-8-16(18)17-9-5-7-11-19(17)20/h4-12,20H,1-3H3,(H,24,25)/b23-15-. The summed E-state index contributed by atoms with van der Waals surface area (Å²) in [6.45, 7) is 5.70. The van der Waals surface area contributed by atoms with Gasteiger partial charge in [0.1, 0.15) is 11.5 Å². The number of hydrazone groups is 1. The van der Waals surface area contributed by atoms with E-state index in [1.807, 2.05) is 63.2 Å². The fourth-order valence-electron chi connectivity index (χ4n) is 3.69. The monoisotopic (exact) mass is 344 g/mol. The van der Waals surface area contributed by atoms with E-state index in [-0.39, 0.29) is 11.8 Å². The number of carbonyl (C=O) groups is 1. The van der Waals surface area contributed by atoms with Gasteiger partial charge >= 0.3 is 0 Å². The Labute approximate surface area is 152 Å². The van der Waals surface area contributed by atoms with Crippen molar-refractivity contribution in [3.05, 3.63) is 82.8 Å². The molecule has 1 aliphatic rings. The molecule has 0 spiro atoms. The van der Waals surface area contributed by atoms with Gasteiger partial charge in [0.05, 0.1) is 5.92 Å². The number of nitrogens with zero attached hydrogens (tertiary/aromatic N) is 1. The third-order valence-corrected chi connectivity index (χ3v) is 4.80. The molecule has 1 aromatic heterocycles. The van der Waals surface area contributed by atoms with E-state index in [9.17, 15) is 4.79 Å². The lowest BCUT2D eigenvalue weighted by molar-refractivity contribution is -0.121. The van der Waals surface area contributed by atoms with Crippen LogP contribution in [0.4, 0.5) is 0 Å². The molecule has 4 rings (SSSR count). The molecule has 1 N–H and O–H groups in total. The molecular weight excluding hydrogens is 324 g/mol. The van der Waals surface area contributed by atoms with E-state index < -0.39 is 0 Å². The number of fused-ring (bicyclic) bond motifs is 3. The van der Waals surface area contributed by atoms with E-state index in [1.165, 1.54) is 0 Å². The van der Waals surface area contributed by atoms with Gasteiger partial charge in [0.15, 0.2) is 5.76 Å². The van der Waals surface area contributed by atoms with Crippen molar-refractivity contribution in [3.8, 4) is 11.1 Å². The van der Waals surface area contributed by atoms with Crippen LogP contribution in [0, 0.1) is 13.8 Å². The Kier molecular flexibility index (Phi) is 3.96. The van der Waals surface area contributed by atoms with Crippen molar-refractivity contribution in [1.82, 2.24) is 5.43 Å². The van der Waals surface area contributed by atoms with Gasteiger partial charge in [-0.1, -0.05) is 48.5 Å². The summed E-state index contributed by atoms with van der Waals surface area (Å²) in [5.41, 5.74) is 8.66. The quantitative estimate of drug-likeness (QED) is 0.560. The highest BCUT2D eigenvalue weighted by Gasteiger charge is 2.33. The summed E-state index contributed by atoms with van der Waals surface area (Å²) in [5.74, 6) is 1.05. The van der Waals surface area contributed by atoms with Crippen LogP contribution < -0.4 is 5.43 Å². The van der Waals surface area contributed by atoms with Crippen LogP contribution in [0.25, 0.3) is 11.1 Å². The zero-order chi connectivity index (χ0) is 18.3. The number of carbonyl (C=O) groups excluding carboxylic acids is 1. The Hall–Kier alpha value is -3.14. The maximum absolute atomic E-state index is 12.9. The molecule has 130 valence electrons. The SMILES string of the molecule is C/C(=N/NC(=O)C1c2ccccc2-c2ccccc21)c1oc(C)cc1C. The maximum Gasteiger partial charge on any atom is 0.252 e. The van der Waals surface area contributed by atoms with Gasteiger partial charge in [-0.2, -0.15) is 5.10 Å². The first-order valence-electron chi connectivity index (χ1n) is 8.66. The highest BCUT2D eigenvalue weighted by Crippen LogP contribution is 2.44. The molecule has 4 nitrogen and oxygen atoms in total. The van der Waals surface area contributed by atoms with Crippen molar-refractivity contribution < 1.29 is 9.21 Å². The second-order valence-electron chi connectivity index (χ2n) is 6.65. The van der Waals surface area contributed by atoms with E-state index in [4.69, 9.17) is 4.42 Å². The minimum atomic E-state index is -0.349. The lowest BCUT2D eigenvalue weighted by Gasteiger charge is -2.12. The van der Waals surface area contributed by atoms with E-state index in [0.29, 0.717) is 11.5 Å². The molecule has 0 radical (unpaired) electrons. The lowest BCUT2D eigenvalue weighted by Crippen LogP contribution is -2.26. The molecule has 0 unspecified atom stereocenters. The van der Waals surface area contributed by atoms with E-state index >= 15 is 0 Å². The highest BCUT2D eigenvalue weighted by molar-refractivity contribution is 6.00. The fraction of sp³-hybridized carbons (Fsp3) is 0.182. The Balaban J connectivity index is 1.65. The summed E-state index contributed by atoms with van der Waals surface area (Å²) in [4.78, 5) is 12.9. The molecule has 1 aliphatic carbocycles. The second-order valence-corrected chi connectivity index (χ2v) is 6.65. The number of aryl methyl sites for hydroxylation is 2. The van der Waals surface area contributed by atoms with Crippen LogP contribution in [-0.4, -0.2) is 11.6 Å². The van der Waals surface area contributed by atoms with Gasteiger partial charge in [0.25, 0.3) is 5.91 Å². The normalized spacial score (nSPS) is 13.4. The number of hydrogen-bond donors (Lipinski definition) is 1. The molecule has 0 bridgehead atoms. The molecule has 0 atom stereocenters. The van der Waals surface area contributed by atoms with Crippen LogP contribution in [0.2, 0.25) is 0 Å². The first-order valence-corrected chi connectivity index (χ1v) is 8.66. The van der Waals surface area contributed by atoms with Crippen LogP contribution in [0.1, 0.15) is 41.1 Å². The summed E-state index contributed by atoms with van der Waals surface area (Å²) in [7, 11) is 0. The smallest absolute Gasteiger partial charge is 0.252 e. The molecule has 0 aliphatic heterocycles. The number of rotatable bonds is 3. The summed E-state index contributed by atoms with van der Waals surface area (Å²) in [6, 6.07) is 18.0. The van der Waals surface area contributed by atoms with Crippen LogP contribution in [-0.2, 0) is 4.79 Å². The zero-order valence-corrected chi connectivity index (χ0v) is 15.0. The van der Waals surface area contributed by atoms with E-state index in [0.717, 1.165) is 33.6 Å². The van der Waals surface area contributed by atoms with Crippen molar-refractivity contribution in [3.63, 3.8) is 0 Å². The van der Waals surface area contributed by atoms with Crippen LogP contribution >= 0.6 is 0 Å². The van der Waals surface area contributed by atoms with Crippen molar-refractivity contribution >= 4 is 11.6 Å². The second kappa shape index (κ2) is 6.30. The molecule has 1 amide bonds. The third-order valence-electron chi connectivity index (χ3n) is 4.80. The predicted molar refractivity (Wildman–Crippen MR) is 102 cm³/mol. The van der Waals surface area contributed by atoms with Gasteiger partial charge < -0.3 is 4.42 Å². The van der Waals surface area contributed by atoms with E-state index in [2.05, 4.69) is 22.7 Å². The molecule has 0 saturated carbocycles. The summed E-state index contributed by atoms with van der Waals surface area (Å²) >= 11 is 0. The van der Waals surface area contributed by atoms with Crippen LogP contribution in [0.5, 0.6) is 0 Å². The Morgan fingerprint density at radius 2 is 1.58 bits per heavy atom. The largest absolute Gasteiger partial charge is 0.460 e. The number of benzene rings is 2. The average Bonchev–Trinajstić information content (AvgIpc) is 3.16. The molecular formula is C22H20N2O2. The molecule has 2 aromatic carbocycles. The molecule has 4 heteroatoms. The predicted octanol–water partition coefficient (Wildman–Crippen LogP) is 4.55. The number of nitrogens with one attached hydrogen (secondary N) is 1. The molecule has 0 fully saturated rings. The van der Waals surface area contributed by atoms with Crippen molar-refractivity contribution in [2.24, 2.45) is 5.10 Å². The lowest BCUT2D eigenvalue weighted by atomic mass is 9.96. The van der Waals surface area contributed by atoms with Gasteiger partial charge in [-0.05, 0) is 54.7 Å². The van der Waals surface area contributed by atoms with Gasteiger partial charge in [-0.15, -0.1) is 0 Å². The summed E-state index contributed by atoms with van der Waals surface area (Å²) in [6.07, 6.45) is 0. The van der Waals surface area contributed by atoms with Gasteiger partial charge in [0.2, 0.25) is 0 Å². The number of amides is 1. The molecule has 1 heterocycles. The van der Waals surface area contributed by atoms with Crippen molar-refractivity contribution in [2.75, 3.05) is 0 Å². The number of furan rings is 1. The van der Waals surface area contributed by atoms with Gasteiger partial charge in [-0.3, -0.25) is 4.79 Å².